The quantitative estimate of drug-likeness (QED) is 0.715. The SMILES string of the molecule is Cc1cc(Cl)c(C(=O)c2ccc(Br)cc2)cc1C. The zero-order chi connectivity index (χ0) is 13.3. The lowest BCUT2D eigenvalue weighted by molar-refractivity contribution is 0.103. The van der Waals surface area contributed by atoms with Crippen molar-refractivity contribution in [2.24, 2.45) is 0 Å². The standard InChI is InChI=1S/C15H12BrClO/c1-9-7-13(14(17)8-10(9)2)15(18)11-3-5-12(16)6-4-11/h3-8H,1-2H3. The third kappa shape index (κ3) is 2.65. The number of aryl methyl sites for hydroxylation is 2. The maximum absolute atomic E-state index is 12.3. The summed E-state index contributed by atoms with van der Waals surface area (Å²) in [5.41, 5.74) is 3.36. The predicted molar refractivity (Wildman–Crippen MR) is 78.5 cm³/mol. The first kappa shape index (κ1) is 13.3. The summed E-state index contributed by atoms with van der Waals surface area (Å²) in [6, 6.07) is 11.0. The normalized spacial score (nSPS) is 10.4. The molecule has 0 aromatic heterocycles. The van der Waals surface area contributed by atoms with Crippen LogP contribution in [0.2, 0.25) is 5.02 Å². The van der Waals surface area contributed by atoms with Crippen molar-refractivity contribution < 1.29 is 4.79 Å². The first-order valence-corrected chi connectivity index (χ1v) is 6.73. The van der Waals surface area contributed by atoms with Crippen molar-refractivity contribution in [1.29, 1.82) is 0 Å². The smallest absolute Gasteiger partial charge is 0.194 e. The van der Waals surface area contributed by atoms with Crippen LogP contribution in [0.1, 0.15) is 27.0 Å². The van der Waals surface area contributed by atoms with Crippen LogP contribution in [0.4, 0.5) is 0 Å². The molecule has 2 aromatic carbocycles. The number of carbonyl (C=O) groups is 1. The zero-order valence-electron chi connectivity index (χ0n) is 10.1. The molecule has 0 aliphatic heterocycles. The molecule has 0 saturated carbocycles. The van der Waals surface area contributed by atoms with Crippen molar-refractivity contribution in [1.82, 2.24) is 0 Å². The Labute approximate surface area is 120 Å². The average Bonchev–Trinajstić information content (AvgIpc) is 2.34. The highest BCUT2D eigenvalue weighted by atomic mass is 79.9. The maximum atomic E-state index is 12.3. The Balaban J connectivity index is 2.46. The van der Waals surface area contributed by atoms with Crippen LogP contribution in [-0.2, 0) is 0 Å². The van der Waals surface area contributed by atoms with Gasteiger partial charge in [0, 0.05) is 15.6 Å². The van der Waals surface area contributed by atoms with E-state index < -0.39 is 0 Å². The minimum Gasteiger partial charge on any atom is -0.289 e. The second-order valence-electron chi connectivity index (χ2n) is 4.25. The number of hydrogen-bond acceptors (Lipinski definition) is 1. The molecule has 0 bridgehead atoms. The summed E-state index contributed by atoms with van der Waals surface area (Å²) in [6.45, 7) is 3.96. The minimum atomic E-state index is -0.0457. The second kappa shape index (κ2) is 5.25. The lowest BCUT2D eigenvalue weighted by Crippen LogP contribution is -2.03. The van der Waals surface area contributed by atoms with Gasteiger partial charge in [0.2, 0.25) is 0 Å². The van der Waals surface area contributed by atoms with Gasteiger partial charge >= 0.3 is 0 Å². The fourth-order valence-electron chi connectivity index (χ4n) is 1.71. The zero-order valence-corrected chi connectivity index (χ0v) is 12.5. The van der Waals surface area contributed by atoms with Crippen molar-refractivity contribution >= 4 is 33.3 Å². The molecular weight excluding hydrogens is 312 g/mol. The number of halogens is 2. The van der Waals surface area contributed by atoms with Crippen LogP contribution in [0.15, 0.2) is 40.9 Å². The fraction of sp³-hybridized carbons (Fsp3) is 0.133. The Morgan fingerprint density at radius 3 is 2.22 bits per heavy atom. The van der Waals surface area contributed by atoms with Crippen LogP contribution < -0.4 is 0 Å². The van der Waals surface area contributed by atoms with Gasteiger partial charge in [-0.15, -0.1) is 0 Å². The molecule has 0 aliphatic carbocycles. The minimum absolute atomic E-state index is 0.0457. The molecule has 0 amide bonds. The third-order valence-corrected chi connectivity index (χ3v) is 3.78. The van der Waals surface area contributed by atoms with E-state index in [1.165, 1.54) is 0 Å². The number of carbonyl (C=O) groups excluding carboxylic acids is 1. The summed E-state index contributed by atoms with van der Waals surface area (Å²) in [6.07, 6.45) is 0. The van der Waals surface area contributed by atoms with Crippen molar-refractivity contribution in [3.05, 3.63) is 68.1 Å². The number of ketones is 1. The first-order valence-electron chi connectivity index (χ1n) is 5.56. The summed E-state index contributed by atoms with van der Waals surface area (Å²) in [4.78, 5) is 12.3. The van der Waals surface area contributed by atoms with Crippen molar-refractivity contribution in [2.75, 3.05) is 0 Å². The second-order valence-corrected chi connectivity index (χ2v) is 5.58. The molecule has 0 radical (unpaired) electrons. The molecule has 0 unspecified atom stereocenters. The van der Waals surface area contributed by atoms with Gasteiger partial charge in [0.1, 0.15) is 0 Å². The molecule has 92 valence electrons. The van der Waals surface area contributed by atoms with Gasteiger partial charge in [0.15, 0.2) is 5.78 Å². The molecule has 2 aromatic rings. The fourth-order valence-corrected chi connectivity index (χ4v) is 2.28. The highest BCUT2D eigenvalue weighted by Crippen LogP contribution is 2.24. The van der Waals surface area contributed by atoms with Gasteiger partial charge in [-0.3, -0.25) is 4.79 Å². The number of benzene rings is 2. The van der Waals surface area contributed by atoms with Gasteiger partial charge in [0.25, 0.3) is 0 Å². The Morgan fingerprint density at radius 1 is 1.06 bits per heavy atom. The number of hydrogen-bond donors (Lipinski definition) is 0. The molecule has 0 fully saturated rings. The van der Waals surface area contributed by atoms with Crippen LogP contribution in [0.3, 0.4) is 0 Å². The van der Waals surface area contributed by atoms with Crippen molar-refractivity contribution in [3.8, 4) is 0 Å². The maximum Gasteiger partial charge on any atom is 0.194 e. The predicted octanol–water partition coefficient (Wildman–Crippen LogP) is 4.95. The molecule has 1 nitrogen and oxygen atoms in total. The highest BCUT2D eigenvalue weighted by Gasteiger charge is 2.13. The third-order valence-electron chi connectivity index (χ3n) is 2.93. The van der Waals surface area contributed by atoms with Gasteiger partial charge in [-0.1, -0.05) is 27.5 Å². The van der Waals surface area contributed by atoms with E-state index in [1.54, 1.807) is 12.1 Å². The molecule has 0 atom stereocenters. The molecule has 18 heavy (non-hydrogen) atoms. The summed E-state index contributed by atoms with van der Waals surface area (Å²) in [5.74, 6) is -0.0457. The average molecular weight is 324 g/mol. The molecular formula is C15H12BrClO. The topological polar surface area (TPSA) is 17.1 Å². The summed E-state index contributed by atoms with van der Waals surface area (Å²) < 4.78 is 0.949. The molecule has 0 spiro atoms. The Kier molecular flexibility index (Phi) is 3.88. The van der Waals surface area contributed by atoms with E-state index in [0.29, 0.717) is 16.1 Å². The van der Waals surface area contributed by atoms with E-state index in [9.17, 15) is 4.79 Å². The molecule has 3 heteroatoms. The van der Waals surface area contributed by atoms with Gasteiger partial charge in [-0.05, 0) is 61.4 Å². The van der Waals surface area contributed by atoms with E-state index in [0.717, 1.165) is 15.6 Å². The van der Waals surface area contributed by atoms with Gasteiger partial charge in [-0.25, -0.2) is 0 Å². The Bertz CT molecular complexity index is 603. The molecule has 0 N–H and O–H groups in total. The summed E-state index contributed by atoms with van der Waals surface area (Å²) in [7, 11) is 0. The highest BCUT2D eigenvalue weighted by molar-refractivity contribution is 9.10. The summed E-state index contributed by atoms with van der Waals surface area (Å²) in [5, 5.41) is 0.506. The van der Waals surface area contributed by atoms with E-state index in [2.05, 4.69) is 15.9 Å². The molecule has 0 heterocycles. The van der Waals surface area contributed by atoms with Gasteiger partial charge < -0.3 is 0 Å². The van der Waals surface area contributed by atoms with Crippen LogP contribution >= 0.6 is 27.5 Å². The Morgan fingerprint density at radius 2 is 1.61 bits per heavy atom. The van der Waals surface area contributed by atoms with E-state index in [4.69, 9.17) is 11.6 Å². The Hall–Kier alpha value is -1.12. The van der Waals surface area contributed by atoms with E-state index in [-0.39, 0.29) is 5.78 Å². The van der Waals surface area contributed by atoms with Crippen LogP contribution in [0.25, 0.3) is 0 Å². The lowest BCUT2D eigenvalue weighted by Gasteiger charge is -2.07. The van der Waals surface area contributed by atoms with Crippen molar-refractivity contribution in [3.63, 3.8) is 0 Å². The number of rotatable bonds is 2. The monoisotopic (exact) mass is 322 g/mol. The molecule has 0 aliphatic rings. The largest absolute Gasteiger partial charge is 0.289 e. The van der Waals surface area contributed by atoms with Crippen LogP contribution in [0.5, 0.6) is 0 Å². The van der Waals surface area contributed by atoms with E-state index >= 15 is 0 Å². The van der Waals surface area contributed by atoms with Crippen LogP contribution in [-0.4, -0.2) is 5.78 Å². The first-order chi connectivity index (χ1) is 8.49. The summed E-state index contributed by atoms with van der Waals surface area (Å²) >= 11 is 9.50. The lowest BCUT2D eigenvalue weighted by atomic mass is 9.99. The van der Waals surface area contributed by atoms with Gasteiger partial charge in [-0.2, -0.15) is 0 Å². The van der Waals surface area contributed by atoms with Crippen LogP contribution in [0, 0.1) is 13.8 Å². The molecule has 2 rings (SSSR count). The molecule has 0 saturated heterocycles. The van der Waals surface area contributed by atoms with E-state index in [1.807, 2.05) is 38.1 Å². The van der Waals surface area contributed by atoms with Gasteiger partial charge in [0.05, 0.1) is 5.02 Å². The van der Waals surface area contributed by atoms with Crippen molar-refractivity contribution in [2.45, 2.75) is 13.8 Å².